The summed E-state index contributed by atoms with van der Waals surface area (Å²) in [5.74, 6) is 0. The Labute approximate surface area is 30.6 Å². The molecule has 0 heterocycles. The van der Waals surface area contributed by atoms with Crippen molar-refractivity contribution in [3.8, 4) is 0 Å². The number of rotatable bonds is 0. The van der Waals surface area contributed by atoms with Crippen LogP contribution in [-0.2, 0) is 0 Å². The predicted molar refractivity (Wildman–Crippen MR) is 31.4 cm³/mol. The minimum absolute atomic E-state index is 0.583. The predicted octanol–water partition coefficient (Wildman–Crippen LogP) is -3.13. The molecular weight excluding hydrogens is 43.2 g/mol. The number of hydrogen-bond acceptors (Lipinski definition) is 0. The highest BCUT2D eigenvalue weighted by atomic mass is 12.5. The van der Waals surface area contributed by atoms with E-state index in [-0.39, 0.29) is 0 Å². The Morgan fingerprint density at radius 2 is 1.50 bits per heavy atom. The van der Waals surface area contributed by atoms with Crippen LogP contribution in [-0.4, -0.2) is 29.6 Å². The molecule has 0 spiro atoms. The van der Waals surface area contributed by atoms with Gasteiger partial charge in [0.05, 0.1) is 0 Å². The van der Waals surface area contributed by atoms with E-state index >= 15 is 0 Å². The molecule has 20 valence electrons. The van der Waals surface area contributed by atoms with Gasteiger partial charge >= 0.3 is 0 Å². The first-order chi connectivity index (χ1) is 1.73. The van der Waals surface area contributed by atoms with Crippen molar-refractivity contribution in [2.45, 2.75) is 0 Å². The van der Waals surface area contributed by atoms with E-state index in [1.807, 2.05) is 0 Å². The van der Waals surface area contributed by atoms with Crippen LogP contribution in [0.15, 0.2) is 0 Å². The Hall–Kier alpha value is 0.260. The van der Waals surface area contributed by atoms with Crippen molar-refractivity contribution in [3.63, 3.8) is 0 Å². The maximum atomic E-state index is 5.33. The lowest BCUT2D eigenvalue weighted by Crippen LogP contribution is -2.11. The lowest BCUT2D eigenvalue weighted by Gasteiger charge is -1.91. The van der Waals surface area contributed by atoms with Crippen LogP contribution in [0.1, 0.15) is 0 Å². The Bertz CT molecular complexity index is 4.75. The van der Waals surface area contributed by atoms with Crippen LogP contribution in [0.25, 0.3) is 0 Å². The summed E-state index contributed by atoms with van der Waals surface area (Å²) < 4.78 is 0. The van der Waals surface area contributed by atoms with Gasteiger partial charge in [-0.25, -0.2) is 0 Å². The molecule has 4 heavy (non-hydrogen) atoms. The summed E-state index contributed by atoms with van der Waals surface area (Å²) in [4.78, 5) is 0. The highest BCUT2D eigenvalue weighted by Crippen LogP contribution is 1.35. The van der Waals surface area contributed by atoms with Gasteiger partial charge in [0.15, 0.2) is 0 Å². The second kappa shape index (κ2) is 1.57. The van der Waals surface area contributed by atoms with Gasteiger partial charge in [-0.1, -0.05) is 7.74 Å². The zero-order valence-electron chi connectivity index (χ0n) is 1.15. The summed E-state index contributed by atoms with van der Waals surface area (Å²) in [5, 5.41) is 0. The van der Waals surface area contributed by atoms with Gasteiger partial charge in [-0.15, -0.1) is 15.5 Å². The molecule has 0 atom stereocenters. The molecule has 0 saturated heterocycles. The van der Waals surface area contributed by atoms with Crippen LogP contribution < -0.4 is 0 Å². The highest BCUT2D eigenvalue weighted by Gasteiger charge is 1.56. The molecule has 0 rings (SSSR count). The van der Waals surface area contributed by atoms with E-state index in [1.165, 1.54) is 0 Å². The largest absolute Gasteiger partial charge is 0.262 e. The molecule has 0 aliphatic heterocycles. The third kappa shape index (κ3) is 53.2. The van der Waals surface area contributed by atoms with Gasteiger partial charge in [-0.05, 0) is 0 Å². The van der Waals surface area contributed by atoms with E-state index in [2.05, 4.69) is 0 Å². The summed E-state index contributed by atoms with van der Waals surface area (Å²) in [6.07, 6.45) is 0.833. The molecule has 0 amide bonds. The van der Waals surface area contributed by atoms with Gasteiger partial charge < -0.3 is 0 Å². The molecule has 2 radical (unpaired) electrons. The zero-order chi connectivity index (χ0) is 3.58. The Morgan fingerprint density at radius 3 is 1.50 bits per heavy atom. The van der Waals surface area contributed by atoms with E-state index in [9.17, 15) is 0 Å². The first-order valence-corrected chi connectivity index (χ1v) is 0.333. The van der Waals surface area contributed by atoms with Gasteiger partial charge in [-0.2, -0.15) is 0 Å². The molecule has 0 fully saturated rings. The van der Waals surface area contributed by atoms with Crippen LogP contribution in [0, 0.1) is 0 Å². The van der Waals surface area contributed by atoms with Crippen molar-refractivity contribution in [1.29, 1.82) is 0 Å². The quantitative estimate of drug-likeness (QED) is 0.254. The van der Waals surface area contributed by atoms with E-state index in [0.29, 0.717) is 15.5 Å². The average Bonchev–Trinajstić information content (AvgIpc) is 0.811. The van der Waals surface area contributed by atoms with Crippen molar-refractivity contribution >= 4 is 29.6 Å². The molecule has 0 aliphatic carbocycles. The molecule has 0 aromatic carbocycles. The van der Waals surface area contributed by atoms with Gasteiger partial charge in [0, 0.05) is 0 Å². The standard InChI is InChI=1S/B4H6/c1-4(2)3/h1-2H3/q-2. The average molecular weight is 49.3 g/mol. The summed E-state index contributed by atoms with van der Waals surface area (Å²) in [7, 11) is 6.50. The molecular formula is H6B4-2. The monoisotopic (exact) mass is 50.1 g/mol. The first-order valence-electron chi connectivity index (χ1n) is 0.333. The summed E-state index contributed by atoms with van der Waals surface area (Å²) in [6.45, 7) is 0. The zero-order valence-corrected chi connectivity index (χ0v) is 1.15. The minimum Gasteiger partial charge on any atom is -0.262 e. The lowest BCUT2D eigenvalue weighted by molar-refractivity contribution is 4.02. The molecule has 0 aromatic rings. The van der Waals surface area contributed by atoms with Gasteiger partial charge in [0.2, 0.25) is 0 Å². The fourth-order valence-electron chi connectivity index (χ4n) is 0. The van der Waals surface area contributed by atoms with E-state index in [4.69, 9.17) is 7.74 Å². The fourth-order valence-corrected chi connectivity index (χ4v) is 0. The molecule has 0 saturated carbocycles. The van der Waals surface area contributed by atoms with Gasteiger partial charge in [-0.3, -0.25) is 6.39 Å². The van der Waals surface area contributed by atoms with Crippen LogP contribution in [0.3, 0.4) is 0 Å². The summed E-state index contributed by atoms with van der Waals surface area (Å²) >= 11 is 0. The summed E-state index contributed by atoms with van der Waals surface area (Å²) in [6, 6.07) is 0. The number of hydrogen-bond donors (Lipinski definition) is 0. The highest BCUT2D eigenvalue weighted by molar-refractivity contribution is 7.49. The molecule has 0 bridgehead atoms. The topological polar surface area (TPSA) is 0 Å². The van der Waals surface area contributed by atoms with Crippen molar-refractivity contribution in [3.05, 3.63) is 0 Å². The van der Waals surface area contributed by atoms with Crippen LogP contribution in [0.5, 0.6) is 0 Å². The second-order valence-corrected chi connectivity index (χ2v) is 0. The Balaban J connectivity index is 2.32. The smallest absolute Gasteiger partial charge is 0.0688 e. The van der Waals surface area contributed by atoms with E-state index in [1.54, 1.807) is 0 Å². The maximum absolute atomic E-state index is 5.33. The third-order valence-electron chi connectivity index (χ3n) is 0. The van der Waals surface area contributed by atoms with Gasteiger partial charge in [0.25, 0.3) is 0 Å². The second-order valence-electron chi connectivity index (χ2n) is 0. The molecule has 0 aromatic heterocycles. The summed E-state index contributed by atoms with van der Waals surface area (Å²) in [5.41, 5.74) is 0. The van der Waals surface area contributed by atoms with Crippen molar-refractivity contribution in [2.75, 3.05) is 0 Å². The van der Waals surface area contributed by atoms with E-state index in [0.717, 1.165) is 6.39 Å². The molecule has 0 aliphatic rings. The SMILES string of the molecule is [B]B([BH3-])[BH3-]. The third-order valence-corrected chi connectivity index (χ3v) is 0. The van der Waals surface area contributed by atoms with E-state index < -0.39 is 0 Å². The Kier molecular flexibility index (Phi) is 1.67. The molecule has 4 heteroatoms. The van der Waals surface area contributed by atoms with Crippen LogP contribution >= 0.6 is 0 Å². The molecule has 0 nitrogen and oxygen atoms in total. The normalized spacial score (nSPS) is 6.50. The maximum Gasteiger partial charge on any atom is -0.0688 e. The van der Waals surface area contributed by atoms with Crippen molar-refractivity contribution in [1.82, 2.24) is 0 Å². The fraction of sp³-hybridized carbons (Fsp3) is 0. The van der Waals surface area contributed by atoms with Crippen LogP contribution in [0.2, 0.25) is 0 Å². The van der Waals surface area contributed by atoms with Crippen molar-refractivity contribution < 1.29 is 0 Å². The Morgan fingerprint density at radius 1 is 1.50 bits per heavy atom. The molecule has 0 N–H and O–H groups in total. The molecule has 0 unspecified atom stereocenters. The first kappa shape index (κ1) is 4.26. The van der Waals surface area contributed by atoms with Crippen LogP contribution in [0.4, 0.5) is 0 Å². The van der Waals surface area contributed by atoms with Crippen molar-refractivity contribution in [2.24, 2.45) is 0 Å². The lowest BCUT2D eigenvalue weighted by atomic mass is 9.08. The van der Waals surface area contributed by atoms with Gasteiger partial charge in [0.1, 0.15) is 0 Å². The minimum atomic E-state index is 0.583.